The van der Waals surface area contributed by atoms with Crippen LogP contribution in [0.15, 0.2) is 47.4 Å². The molecule has 1 fully saturated rings. The van der Waals surface area contributed by atoms with Gasteiger partial charge in [-0.2, -0.15) is 4.31 Å². The SMILES string of the molecule is CCOC(=O)c1ccc2nc(NC(=O)C3CCCN(S(=O)(=O)c4ccc(C)cc4)C3)sc2c1. The van der Waals surface area contributed by atoms with Crippen molar-refractivity contribution in [3.8, 4) is 0 Å². The van der Waals surface area contributed by atoms with Gasteiger partial charge in [-0.05, 0) is 57.0 Å². The number of ether oxygens (including phenoxy) is 1. The van der Waals surface area contributed by atoms with Crippen LogP contribution in [0.4, 0.5) is 5.13 Å². The number of carbonyl (C=O) groups excluding carboxylic acids is 2. The predicted octanol–water partition coefficient (Wildman–Crippen LogP) is 3.82. The summed E-state index contributed by atoms with van der Waals surface area (Å²) in [5.74, 6) is -1.14. The van der Waals surface area contributed by atoms with E-state index in [9.17, 15) is 18.0 Å². The third kappa shape index (κ3) is 5.07. The standard InChI is InChI=1S/C23H25N3O5S2/c1-3-31-22(28)16-8-11-19-20(13-16)32-23(24-19)25-21(27)17-5-4-12-26(14-17)33(29,30)18-9-6-15(2)7-10-18/h6-11,13,17H,3-5,12,14H2,1-2H3,(H,24,25,27). The van der Waals surface area contributed by atoms with E-state index in [0.717, 1.165) is 10.3 Å². The van der Waals surface area contributed by atoms with Crippen LogP contribution in [0.25, 0.3) is 10.2 Å². The quantitative estimate of drug-likeness (QED) is 0.530. The van der Waals surface area contributed by atoms with Crippen LogP contribution in [-0.4, -0.2) is 49.3 Å². The van der Waals surface area contributed by atoms with Gasteiger partial charge >= 0.3 is 5.97 Å². The van der Waals surface area contributed by atoms with E-state index in [1.54, 1.807) is 49.4 Å². The molecule has 3 aromatic rings. The molecule has 1 aromatic heterocycles. The summed E-state index contributed by atoms with van der Waals surface area (Å²) >= 11 is 1.26. The molecule has 8 nitrogen and oxygen atoms in total. The summed E-state index contributed by atoms with van der Waals surface area (Å²) in [7, 11) is -3.66. The third-order valence-corrected chi connectivity index (χ3v) is 8.36. The molecule has 2 aromatic carbocycles. The lowest BCUT2D eigenvalue weighted by Crippen LogP contribution is -2.43. The number of hydrogen-bond donors (Lipinski definition) is 1. The van der Waals surface area contributed by atoms with Gasteiger partial charge in [0, 0.05) is 13.1 Å². The Morgan fingerprint density at radius 2 is 1.97 bits per heavy atom. The first kappa shape index (κ1) is 23.3. The highest BCUT2D eigenvalue weighted by Crippen LogP contribution is 2.29. The second kappa shape index (κ2) is 9.58. The molecular weight excluding hydrogens is 462 g/mol. The average molecular weight is 488 g/mol. The minimum Gasteiger partial charge on any atom is -0.462 e. The molecule has 0 saturated carbocycles. The van der Waals surface area contributed by atoms with Gasteiger partial charge in [-0.15, -0.1) is 0 Å². The van der Waals surface area contributed by atoms with Gasteiger partial charge < -0.3 is 10.1 Å². The van der Waals surface area contributed by atoms with Crippen LogP contribution in [-0.2, 0) is 19.6 Å². The molecule has 174 valence electrons. The van der Waals surface area contributed by atoms with Gasteiger partial charge in [-0.25, -0.2) is 18.2 Å². The fourth-order valence-electron chi connectivity index (χ4n) is 3.76. The highest BCUT2D eigenvalue weighted by molar-refractivity contribution is 7.89. The van der Waals surface area contributed by atoms with E-state index >= 15 is 0 Å². The third-order valence-electron chi connectivity index (χ3n) is 5.54. The summed E-state index contributed by atoms with van der Waals surface area (Å²) in [5.41, 5.74) is 2.07. The van der Waals surface area contributed by atoms with Gasteiger partial charge in [-0.3, -0.25) is 4.79 Å². The molecule has 1 amide bonds. The van der Waals surface area contributed by atoms with E-state index in [-0.39, 0.29) is 17.3 Å². The maximum absolute atomic E-state index is 13.0. The number of hydrogen-bond acceptors (Lipinski definition) is 7. The Morgan fingerprint density at radius 3 is 2.70 bits per heavy atom. The highest BCUT2D eigenvalue weighted by atomic mass is 32.2. The minimum absolute atomic E-state index is 0.125. The van der Waals surface area contributed by atoms with Crippen LogP contribution in [0, 0.1) is 12.8 Å². The molecule has 0 aliphatic carbocycles. The van der Waals surface area contributed by atoms with Crippen molar-refractivity contribution in [2.24, 2.45) is 5.92 Å². The van der Waals surface area contributed by atoms with Crippen molar-refractivity contribution in [2.45, 2.75) is 31.6 Å². The zero-order valence-corrected chi connectivity index (χ0v) is 20.0. The highest BCUT2D eigenvalue weighted by Gasteiger charge is 2.33. The van der Waals surface area contributed by atoms with Crippen LogP contribution >= 0.6 is 11.3 Å². The normalized spacial score (nSPS) is 17.1. The van der Waals surface area contributed by atoms with Crippen molar-refractivity contribution in [1.29, 1.82) is 0 Å². The van der Waals surface area contributed by atoms with Crippen molar-refractivity contribution in [2.75, 3.05) is 25.0 Å². The molecule has 1 unspecified atom stereocenters. The van der Waals surface area contributed by atoms with Gasteiger partial charge in [0.15, 0.2) is 5.13 Å². The van der Waals surface area contributed by atoms with Gasteiger partial charge in [0.2, 0.25) is 15.9 Å². The number of thiazole rings is 1. The molecule has 2 heterocycles. The van der Waals surface area contributed by atoms with E-state index in [0.29, 0.717) is 42.2 Å². The van der Waals surface area contributed by atoms with Gasteiger partial charge in [0.25, 0.3) is 0 Å². The molecule has 1 atom stereocenters. The molecule has 1 aliphatic heterocycles. The summed E-state index contributed by atoms with van der Waals surface area (Å²) in [6, 6.07) is 11.8. The van der Waals surface area contributed by atoms with E-state index in [4.69, 9.17) is 4.74 Å². The Morgan fingerprint density at radius 1 is 1.21 bits per heavy atom. The maximum Gasteiger partial charge on any atom is 0.338 e. The number of amides is 1. The second-order valence-corrected chi connectivity index (χ2v) is 10.9. The molecule has 1 N–H and O–H groups in total. The number of aryl methyl sites for hydroxylation is 1. The summed E-state index contributed by atoms with van der Waals surface area (Å²) in [6.07, 6.45) is 1.20. The molecule has 1 saturated heterocycles. The number of anilines is 1. The number of benzene rings is 2. The Balaban J connectivity index is 1.46. The number of piperidine rings is 1. The van der Waals surface area contributed by atoms with Crippen molar-refractivity contribution in [3.63, 3.8) is 0 Å². The zero-order valence-electron chi connectivity index (χ0n) is 18.4. The van der Waals surface area contributed by atoms with Crippen LogP contribution in [0.5, 0.6) is 0 Å². The first-order chi connectivity index (χ1) is 15.8. The summed E-state index contributed by atoms with van der Waals surface area (Å²) < 4.78 is 33.2. The predicted molar refractivity (Wildman–Crippen MR) is 127 cm³/mol. The van der Waals surface area contributed by atoms with Crippen LogP contribution in [0.2, 0.25) is 0 Å². The smallest absolute Gasteiger partial charge is 0.338 e. The summed E-state index contributed by atoms with van der Waals surface area (Å²) in [6.45, 7) is 4.45. The van der Waals surface area contributed by atoms with E-state index in [2.05, 4.69) is 10.3 Å². The Labute approximate surface area is 196 Å². The fraction of sp³-hybridized carbons (Fsp3) is 0.348. The van der Waals surface area contributed by atoms with E-state index in [1.807, 2.05) is 6.92 Å². The number of nitrogens with one attached hydrogen (secondary N) is 1. The number of nitrogens with zero attached hydrogens (tertiary/aromatic N) is 2. The zero-order chi connectivity index (χ0) is 23.6. The fourth-order valence-corrected chi connectivity index (χ4v) is 6.19. The lowest BCUT2D eigenvalue weighted by atomic mass is 9.99. The molecule has 33 heavy (non-hydrogen) atoms. The number of carbonyl (C=O) groups is 2. The number of rotatable bonds is 6. The Hall–Kier alpha value is -2.82. The number of sulfonamides is 1. The lowest BCUT2D eigenvalue weighted by Gasteiger charge is -2.31. The molecule has 0 radical (unpaired) electrons. The van der Waals surface area contributed by atoms with Crippen molar-refractivity contribution in [3.05, 3.63) is 53.6 Å². The maximum atomic E-state index is 13.0. The molecule has 4 rings (SSSR count). The monoisotopic (exact) mass is 487 g/mol. The lowest BCUT2D eigenvalue weighted by molar-refractivity contribution is -0.120. The van der Waals surface area contributed by atoms with Gasteiger partial charge in [0.1, 0.15) is 0 Å². The Kier molecular flexibility index (Phi) is 6.78. The number of esters is 1. The largest absolute Gasteiger partial charge is 0.462 e. The van der Waals surface area contributed by atoms with Crippen molar-refractivity contribution in [1.82, 2.24) is 9.29 Å². The first-order valence-electron chi connectivity index (χ1n) is 10.7. The summed E-state index contributed by atoms with van der Waals surface area (Å²) in [5, 5.41) is 3.24. The minimum atomic E-state index is -3.66. The van der Waals surface area contributed by atoms with Gasteiger partial charge in [0.05, 0.1) is 33.2 Å². The number of aromatic nitrogens is 1. The molecule has 10 heteroatoms. The second-order valence-electron chi connectivity index (χ2n) is 7.93. The van der Waals surface area contributed by atoms with Crippen molar-refractivity contribution >= 4 is 48.6 Å². The molecule has 0 bridgehead atoms. The van der Waals surface area contributed by atoms with E-state index in [1.165, 1.54) is 15.6 Å². The van der Waals surface area contributed by atoms with Crippen molar-refractivity contribution < 1.29 is 22.7 Å². The molecular formula is C23H25N3O5S2. The molecule has 0 spiro atoms. The Bertz CT molecular complexity index is 1290. The van der Waals surface area contributed by atoms with Crippen LogP contribution in [0.1, 0.15) is 35.7 Å². The van der Waals surface area contributed by atoms with Crippen LogP contribution < -0.4 is 5.32 Å². The topological polar surface area (TPSA) is 106 Å². The van der Waals surface area contributed by atoms with Gasteiger partial charge in [-0.1, -0.05) is 29.0 Å². The summed E-state index contributed by atoms with van der Waals surface area (Å²) in [4.78, 5) is 29.5. The average Bonchev–Trinajstić information content (AvgIpc) is 3.21. The number of fused-ring (bicyclic) bond motifs is 1. The van der Waals surface area contributed by atoms with E-state index < -0.39 is 21.9 Å². The van der Waals surface area contributed by atoms with Crippen LogP contribution in [0.3, 0.4) is 0 Å². The molecule has 1 aliphatic rings. The first-order valence-corrected chi connectivity index (χ1v) is 13.0.